The van der Waals surface area contributed by atoms with Crippen molar-refractivity contribution in [2.24, 2.45) is 0 Å². The van der Waals surface area contributed by atoms with E-state index in [-0.39, 0.29) is 12.4 Å². The maximum Gasteiger partial charge on any atom is 0.176 e. The molecule has 0 spiro atoms. The molecule has 0 aliphatic rings. The highest BCUT2D eigenvalue weighted by atomic mass is 16.3. The standard InChI is InChI=1S/C13H19NO2/c1-2-14(9-6-10-15)11-13(16)12-7-4-3-5-8-12/h3-5,7-8,15H,2,6,9-11H2,1H3. The van der Waals surface area contributed by atoms with Gasteiger partial charge in [-0.3, -0.25) is 9.69 Å². The van der Waals surface area contributed by atoms with Crippen LogP contribution in [0.3, 0.4) is 0 Å². The topological polar surface area (TPSA) is 40.5 Å². The lowest BCUT2D eigenvalue weighted by atomic mass is 10.1. The SMILES string of the molecule is CCN(CCCO)CC(=O)c1ccccc1. The quantitative estimate of drug-likeness (QED) is 0.711. The van der Waals surface area contributed by atoms with Crippen LogP contribution in [0.2, 0.25) is 0 Å². The number of benzene rings is 1. The summed E-state index contributed by atoms with van der Waals surface area (Å²) < 4.78 is 0. The Hall–Kier alpha value is -1.19. The molecule has 0 heterocycles. The summed E-state index contributed by atoms with van der Waals surface area (Å²) in [6, 6.07) is 9.32. The molecule has 1 N–H and O–H groups in total. The van der Waals surface area contributed by atoms with Gasteiger partial charge in [0.2, 0.25) is 0 Å². The van der Waals surface area contributed by atoms with Gasteiger partial charge in [0.1, 0.15) is 0 Å². The summed E-state index contributed by atoms with van der Waals surface area (Å²) in [5.74, 6) is 0.139. The van der Waals surface area contributed by atoms with Crippen LogP contribution in [0, 0.1) is 0 Å². The number of hydrogen-bond donors (Lipinski definition) is 1. The normalized spacial score (nSPS) is 10.7. The first-order valence-corrected chi connectivity index (χ1v) is 5.69. The summed E-state index contributed by atoms with van der Waals surface area (Å²) in [5, 5.41) is 8.75. The van der Waals surface area contributed by atoms with Crippen molar-refractivity contribution in [3.63, 3.8) is 0 Å². The van der Waals surface area contributed by atoms with E-state index < -0.39 is 0 Å². The van der Waals surface area contributed by atoms with Crippen molar-refractivity contribution in [1.29, 1.82) is 0 Å². The molecule has 0 atom stereocenters. The second kappa shape index (κ2) is 7.14. The van der Waals surface area contributed by atoms with Gasteiger partial charge in [-0.15, -0.1) is 0 Å². The molecule has 16 heavy (non-hydrogen) atoms. The van der Waals surface area contributed by atoms with E-state index in [2.05, 4.69) is 0 Å². The Morgan fingerprint density at radius 1 is 1.31 bits per heavy atom. The van der Waals surface area contributed by atoms with Crippen LogP contribution in [-0.2, 0) is 0 Å². The van der Waals surface area contributed by atoms with Gasteiger partial charge in [-0.1, -0.05) is 37.3 Å². The van der Waals surface area contributed by atoms with Crippen LogP contribution in [0.15, 0.2) is 30.3 Å². The molecule has 0 amide bonds. The van der Waals surface area contributed by atoms with Crippen molar-refractivity contribution in [3.8, 4) is 0 Å². The highest BCUT2D eigenvalue weighted by molar-refractivity contribution is 5.97. The molecule has 0 saturated heterocycles. The highest BCUT2D eigenvalue weighted by Gasteiger charge is 2.10. The molecule has 1 aromatic carbocycles. The first-order valence-electron chi connectivity index (χ1n) is 5.69. The molecular weight excluding hydrogens is 202 g/mol. The number of carbonyl (C=O) groups excluding carboxylic acids is 1. The van der Waals surface area contributed by atoms with Crippen molar-refractivity contribution in [1.82, 2.24) is 4.90 Å². The van der Waals surface area contributed by atoms with Crippen molar-refractivity contribution < 1.29 is 9.90 Å². The van der Waals surface area contributed by atoms with E-state index in [0.717, 1.165) is 25.1 Å². The molecule has 0 aliphatic heterocycles. The van der Waals surface area contributed by atoms with Crippen LogP contribution in [0.4, 0.5) is 0 Å². The third kappa shape index (κ3) is 4.13. The lowest BCUT2D eigenvalue weighted by Gasteiger charge is -2.18. The fraction of sp³-hybridized carbons (Fsp3) is 0.462. The number of ketones is 1. The van der Waals surface area contributed by atoms with E-state index in [1.165, 1.54) is 0 Å². The van der Waals surface area contributed by atoms with Crippen molar-refractivity contribution in [2.75, 3.05) is 26.2 Å². The Balaban J connectivity index is 2.49. The zero-order valence-corrected chi connectivity index (χ0v) is 9.72. The molecule has 0 saturated carbocycles. The molecule has 88 valence electrons. The van der Waals surface area contributed by atoms with E-state index >= 15 is 0 Å². The van der Waals surface area contributed by atoms with Crippen LogP contribution in [0.25, 0.3) is 0 Å². The molecule has 0 radical (unpaired) electrons. The van der Waals surface area contributed by atoms with Gasteiger partial charge in [-0.2, -0.15) is 0 Å². The second-order valence-corrected chi connectivity index (χ2v) is 3.74. The van der Waals surface area contributed by atoms with Crippen LogP contribution >= 0.6 is 0 Å². The second-order valence-electron chi connectivity index (χ2n) is 3.74. The van der Waals surface area contributed by atoms with Gasteiger partial charge in [0.25, 0.3) is 0 Å². The average Bonchev–Trinajstić information content (AvgIpc) is 2.35. The molecule has 0 aliphatic carbocycles. The van der Waals surface area contributed by atoms with Crippen molar-refractivity contribution in [3.05, 3.63) is 35.9 Å². The number of rotatable bonds is 7. The number of hydrogen-bond acceptors (Lipinski definition) is 3. The lowest BCUT2D eigenvalue weighted by Crippen LogP contribution is -2.31. The maximum absolute atomic E-state index is 11.9. The van der Waals surface area contributed by atoms with Gasteiger partial charge < -0.3 is 5.11 Å². The summed E-state index contributed by atoms with van der Waals surface area (Å²) in [7, 11) is 0. The van der Waals surface area contributed by atoms with Crippen molar-refractivity contribution in [2.45, 2.75) is 13.3 Å². The molecule has 1 aromatic rings. The predicted octanol–water partition coefficient (Wildman–Crippen LogP) is 1.57. The third-order valence-corrected chi connectivity index (χ3v) is 2.54. The molecule has 3 heteroatoms. The maximum atomic E-state index is 11.9. The first-order chi connectivity index (χ1) is 7.77. The number of carbonyl (C=O) groups is 1. The number of Topliss-reactive ketones (excluding diaryl/α,β-unsaturated/α-hetero) is 1. The van der Waals surface area contributed by atoms with E-state index in [9.17, 15) is 4.79 Å². The summed E-state index contributed by atoms with van der Waals surface area (Å²) in [5.41, 5.74) is 0.755. The molecule has 0 aromatic heterocycles. The van der Waals surface area contributed by atoms with Gasteiger partial charge >= 0.3 is 0 Å². The third-order valence-electron chi connectivity index (χ3n) is 2.54. The Morgan fingerprint density at radius 3 is 2.56 bits per heavy atom. The smallest absolute Gasteiger partial charge is 0.176 e. The number of likely N-dealkylation sites (N-methyl/N-ethyl adjacent to an activating group) is 1. The Morgan fingerprint density at radius 2 is 2.00 bits per heavy atom. The Bertz CT molecular complexity index is 311. The van der Waals surface area contributed by atoms with Crippen LogP contribution in [-0.4, -0.2) is 42.0 Å². The monoisotopic (exact) mass is 221 g/mol. The number of aliphatic hydroxyl groups excluding tert-OH is 1. The van der Waals surface area contributed by atoms with E-state index in [4.69, 9.17) is 5.11 Å². The summed E-state index contributed by atoms with van der Waals surface area (Å²) in [6.07, 6.45) is 0.718. The minimum absolute atomic E-state index is 0.139. The molecule has 0 bridgehead atoms. The minimum atomic E-state index is 0.139. The molecule has 0 unspecified atom stereocenters. The van der Waals surface area contributed by atoms with Gasteiger partial charge in [-0.05, 0) is 13.0 Å². The zero-order chi connectivity index (χ0) is 11.8. The zero-order valence-electron chi connectivity index (χ0n) is 9.72. The fourth-order valence-electron chi connectivity index (χ4n) is 1.56. The van der Waals surface area contributed by atoms with Gasteiger partial charge in [0, 0.05) is 18.7 Å². The largest absolute Gasteiger partial charge is 0.396 e. The van der Waals surface area contributed by atoms with Crippen LogP contribution in [0.1, 0.15) is 23.7 Å². The average molecular weight is 221 g/mol. The van der Waals surface area contributed by atoms with Gasteiger partial charge in [0.05, 0.1) is 6.54 Å². The lowest BCUT2D eigenvalue weighted by molar-refractivity contribution is 0.0928. The van der Waals surface area contributed by atoms with Gasteiger partial charge in [-0.25, -0.2) is 0 Å². The fourth-order valence-corrected chi connectivity index (χ4v) is 1.56. The number of nitrogens with zero attached hydrogens (tertiary/aromatic N) is 1. The van der Waals surface area contributed by atoms with Crippen molar-refractivity contribution >= 4 is 5.78 Å². The molecule has 3 nitrogen and oxygen atoms in total. The van der Waals surface area contributed by atoms with E-state index in [0.29, 0.717) is 6.54 Å². The Kier molecular flexibility index (Phi) is 5.75. The predicted molar refractivity (Wildman–Crippen MR) is 64.6 cm³/mol. The Labute approximate surface area is 96.7 Å². The van der Waals surface area contributed by atoms with E-state index in [1.807, 2.05) is 42.2 Å². The van der Waals surface area contributed by atoms with Gasteiger partial charge in [0.15, 0.2) is 5.78 Å². The van der Waals surface area contributed by atoms with E-state index in [1.54, 1.807) is 0 Å². The minimum Gasteiger partial charge on any atom is -0.396 e. The summed E-state index contributed by atoms with van der Waals surface area (Å²) in [4.78, 5) is 13.9. The highest BCUT2D eigenvalue weighted by Crippen LogP contribution is 2.02. The first kappa shape index (κ1) is 12.9. The molecular formula is C13H19NO2. The molecule has 0 fully saturated rings. The van der Waals surface area contributed by atoms with Crippen LogP contribution in [0.5, 0.6) is 0 Å². The summed E-state index contributed by atoms with van der Waals surface area (Å²) in [6.45, 7) is 4.23. The number of aliphatic hydroxyl groups is 1. The van der Waals surface area contributed by atoms with Crippen LogP contribution < -0.4 is 0 Å². The summed E-state index contributed by atoms with van der Waals surface area (Å²) >= 11 is 0. The molecule has 1 rings (SSSR count).